The number of fused-ring (bicyclic) bond motifs is 4. The Bertz CT molecular complexity index is 1180. The van der Waals surface area contributed by atoms with Crippen LogP contribution in [0.25, 0.3) is 5.57 Å². The van der Waals surface area contributed by atoms with Crippen LogP contribution in [0.2, 0.25) is 0 Å². The lowest BCUT2D eigenvalue weighted by Gasteiger charge is -2.64. The lowest BCUT2D eigenvalue weighted by atomic mass is 9.40. The summed E-state index contributed by atoms with van der Waals surface area (Å²) in [6.45, 7) is 20.8. The van der Waals surface area contributed by atoms with Crippen molar-refractivity contribution in [3.05, 3.63) is 53.6 Å². The second-order valence-corrected chi connectivity index (χ2v) is 15.9. The minimum atomic E-state index is -0.854. The van der Waals surface area contributed by atoms with Gasteiger partial charge in [0.25, 0.3) is 0 Å². The molecule has 3 heteroatoms. The second kappa shape index (κ2) is 11.0. The Morgan fingerprint density at radius 2 is 1.63 bits per heavy atom. The first-order chi connectivity index (χ1) is 19.3. The van der Waals surface area contributed by atoms with Gasteiger partial charge in [-0.2, -0.15) is 0 Å². The molecule has 41 heavy (non-hydrogen) atoms. The van der Waals surface area contributed by atoms with Gasteiger partial charge in [0.1, 0.15) is 0 Å². The SMILES string of the molecule is C=C(C)C1CCC2(CNC)CCC(C)C3(C)CCC4C(C)(C)C(c5ccc(C(=O)O)cc5)=CCC4(C)C3CCCC12. The number of benzene rings is 1. The van der Waals surface area contributed by atoms with E-state index in [2.05, 4.69) is 66.6 Å². The van der Waals surface area contributed by atoms with Crippen molar-refractivity contribution in [3.63, 3.8) is 0 Å². The largest absolute Gasteiger partial charge is 0.478 e. The lowest BCUT2D eigenvalue weighted by molar-refractivity contribution is -0.121. The first-order valence-corrected chi connectivity index (χ1v) is 16.6. The van der Waals surface area contributed by atoms with Crippen molar-refractivity contribution in [2.75, 3.05) is 13.6 Å². The molecule has 0 spiro atoms. The van der Waals surface area contributed by atoms with Crippen LogP contribution in [-0.2, 0) is 0 Å². The molecule has 3 saturated carbocycles. The molecule has 5 rings (SSSR count). The predicted octanol–water partition coefficient (Wildman–Crippen LogP) is 9.65. The van der Waals surface area contributed by atoms with E-state index >= 15 is 0 Å². The molecule has 1 aromatic carbocycles. The van der Waals surface area contributed by atoms with Gasteiger partial charge < -0.3 is 10.4 Å². The fraction of sp³-hybridized carbons (Fsp3) is 0.711. The molecule has 0 amide bonds. The summed E-state index contributed by atoms with van der Waals surface area (Å²) in [5.41, 5.74) is 5.52. The summed E-state index contributed by atoms with van der Waals surface area (Å²) in [7, 11) is 2.16. The molecule has 3 fully saturated rings. The zero-order chi connectivity index (χ0) is 29.8. The highest BCUT2D eigenvalue weighted by atomic mass is 16.4. The molecule has 3 nitrogen and oxygen atoms in total. The summed E-state index contributed by atoms with van der Waals surface area (Å²) in [5.74, 6) is 2.66. The summed E-state index contributed by atoms with van der Waals surface area (Å²) < 4.78 is 0. The number of hydrogen-bond acceptors (Lipinski definition) is 2. The van der Waals surface area contributed by atoms with Gasteiger partial charge in [0, 0.05) is 6.54 Å². The number of aromatic carboxylic acids is 1. The topological polar surface area (TPSA) is 49.3 Å². The number of carboxylic acids is 1. The van der Waals surface area contributed by atoms with Gasteiger partial charge in [-0.15, -0.1) is 0 Å². The number of carboxylic acid groups (broad SMARTS) is 1. The van der Waals surface area contributed by atoms with E-state index in [9.17, 15) is 9.90 Å². The molecule has 4 aliphatic carbocycles. The van der Waals surface area contributed by atoms with Crippen molar-refractivity contribution in [1.29, 1.82) is 0 Å². The maximum absolute atomic E-state index is 11.5. The molecule has 226 valence electrons. The molecule has 8 atom stereocenters. The van der Waals surface area contributed by atoms with Crippen molar-refractivity contribution < 1.29 is 9.90 Å². The highest BCUT2D eigenvalue weighted by Crippen LogP contribution is 2.69. The van der Waals surface area contributed by atoms with Crippen LogP contribution < -0.4 is 5.32 Å². The van der Waals surface area contributed by atoms with Crippen LogP contribution >= 0.6 is 0 Å². The van der Waals surface area contributed by atoms with Gasteiger partial charge in [-0.05, 0) is 146 Å². The Morgan fingerprint density at radius 3 is 2.27 bits per heavy atom. The van der Waals surface area contributed by atoms with Gasteiger partial charge in [-0.25, -0.2) is 4.79 Å². The Morgan fingerprint density at radius 1 is 0.951 bits per heavy atom. The van der Waals surface area contributed by atoms with Crippen molar-refractivity contribution in [2.45, 2.75) is 106 Å². The van der Waals surface area contributed by atoms with E-state index < -0.39 is 5.97 Å². The molecule has 0 aromatic heterocycles. The maximum Gasteiger partial charge on any atom is 0.335 e. The Hall–Kier alpha value is -1.87. The van der Waals surface area contributed by atoms with Crippen LogP contribution in [0.1, 0.15) is 122 Å². The Kier molecular flexibility index (Phi) is 8.21. The monoisotopic (exact) mass is 559 g/mol. The standard InChI is InChI=1S/C38H57NO2/c1-25(2)29-17-23-38(24-39-8)22-16-26(3)36(6)21-19-32-35(4,5)30(27-12-14-28(15-13-27)34(40)41)18-20-37(32,7)33(36)11-9-10-31(29)38/h12-15,18,26,29,31-33,39H,1,9-11,16-17,19-24H2,2-8H3,(H,40,41). The van der Waals surface area contributed by atoms with Crippen LogP contribution in [0.5, 0.6) is 0 Å². The van der Waals surface area contributed by atoms with Crippen LogP contribution in [0.4, 0.5) is 0 Å². The van der Waals surface area contributed by atoms with Gasteiger partial charge in [0.15, 0.2) is 0 Å². The van der Waals surface area contributed by atoms with E-state index in [0.717, 1.165) is 30.7 Å². The number of rotatable bonds is 5. The third kappa shape index (κ3) is 4.96. The summed E-state index contributed by atoms with van der Waals surface area (Å²) in [6, 6.07) is 7.63. The normalized spacial score (nSPS) is 40.5. The van der Waals surface area contributed by atoms with E-state index in [1.807, 2.05) is 12.1 Å². The number of carbonyl (C=O) groups is 1. The Balaban J connectivity index is 1.48. The molecule has 2 N–H and O–H groups in total. The van der Waals surface area contributed by atoms with E-state index in [4.69, 9.17) is 0 Å². The lowest BCUT2D eigenvalue weighted by Crippen LogP contribution is -2.56. The van der Waals surface area contributed by atoms with Crippen molar-refractivity contribution in [2.24, 2.45) is 51.2 Å². The summed E-state index contributed by atoms with van der Waals surface area (Å²) in [6.07, 6.45) is 15.7. The van der Waals surface area contributed by atoms with Crippen molar-refractivity contribution >= 4 is 11.5 Å². The molecule has 4 aliphatic rings. The van der Waals surface area contributed by atoms with Crippen LogP contribution in [-0.4, -0.2) is 24.7 Å². The quantitative estimate of drug-likeness (QED) is 0.353. The highest BCUT2D eigenvalue weighted by Gasteiger charge is 2.60. The fourth-order valence-electron chi connectivity index (χ4n) is 11.4. The zero-order valence-electron chi connectivity index (χ0n) is 27.1. The van der Waals surface area contributed by atoms with E-state index in [-0.39, 0.29) is 10.8 Å². The zero-order valence-corrected chi connectivity index (χ0v) is 27.1. The van der Waals surface area contributed by atoms with E-state index in [1.165, 1.54) is 74.5 Å². The smallest absolute Gasteiger partial charge is 0.335 e. The van der Waals surface area contributed by atoms with Crippen molar-refractivity contribution in [3.8, 4) is 0 Å². The molecule has 1 aromatic rings. The summed E-state index contributed by atoms with van der Waals surface area (Å²) >= 11 is 0. The summed E-state index contributed by atoms with van der Waals surface area (Å²) in [5, 5.41) is 13.1. The molecular formula is C38H57NO2. The first kappa shape index (κ1) is 30.6. The number of nitrogens with one attached hydrogen (secondary N) is 1. The minimum Gasteiger partial charge on any atom is -0.478 e. The molecular weight excluding hydrogens is 502 g/mol. The molecule has 0 bridgehead atoms. The molecule has 0 heterocycles. The van der Waals surface area contributed by atoms with E-state index in [1.54, 1.807) is 12.1 Å². The summed E-state index contributed by atoms with van der Waals surface area (Å²) in [4.78, 5) is 11.5. The van der Waals surface area contributed by atoms with Crippen LogP contribution in [0.15, 0.2) is 42.5 Å². The van der Waals surface area contributed by atoms with Crippen LogP contribution in [0.3, 0.4) is 0 Å². The molecule has 0 saturated heterocycles. The number of hydrogen-bond donors (Lipinski definition) is 2. The maximum atomic E-state index is 11.5. The average molecular weight is 560 g/mol. The van der Waals surface area contributed by atoms with E-state index in [0.29, 0.717) is 28.2 Å². The molecule has 8 unspecified atom stereocenters. The third-order valence-electron chi connectivity index (χ3n) is 13.7. The van der Waals surface area contributed by atoms with Gasteiger partial charge >= 0.3 is 5.97 Å². The van der Waals surface area contributed by atoms with Gasteiger partial charge in [0.05, 0.1) is 5.56 Å². The van der Waals surface area contributed by atoms with Gasteiger partial charge in [-0.1, -0.05) is 71.4 Å². The second-order valence-electron chi connectivity index (χ2n) is 15.9. The number of allylic oxidation sites excluding steroid dienone is 3. The highest BCUT2D eigenvalue weighted by molar-refractivity contribution is 5.88. The Labute approximate surface area is 250 Å². The predicted molar refractivity (Wildman–Crippen MR) is 172 cm³/mol. The van der Waals surface area contributed by atoms with Crippen molar-refractivity contribution in [1.82, 2.24) is 5.32 Å². The molecule has 0 radical (unpaired) electrons. The average Bonchev–Trinajstić information content (AvgIpc) is 3.27. The first-order valence-electron chi connectivity index (χ1n) is 16.6. The molecule has 0 aliphatic heterocycles. The third-order valence-corrected chi connectivity index (χ3v) is 13.7. The fourth-order valence-corrected chi connectivity index (χ4v) is 11.4. The van der Waals surface area contributed by atoms with Crippen LogP contribution in [0, 0.1) is 51.2 Å². The van der Waals surface area contributed by atoms with Gasteiger partial charge in [0.2, 0.25) is 0 Å². The van der Waals surface area contributed by atoms with Gasteiger partial charge in [-0.3, -0.25) is 0 Å². The minimum absolute atomic E-state index is 0.0517.